The van der Waals surface area contributed by atoms with Gasteiger partial charge in [-0.1, -0.05) is 91.4 Å². The first kappa shape index (κ1) is 93.1. The first-order valence-corrected chi connectivity index (χ1v) is 41.4. The zero-order chi connectivity index (χ0) is 89.6. The van der Waals surface area contributed by atoms with Crippen molar-refractivity contribution in [1.29, 1.82) is 0 Å². The lowest BCUT2D eigenvalue weighted by Gasteiger charge is -2.48. The van der Waals surface area contributed by atoms with Crippen molar-refractivity contribution in [3.63, 3.8) is 0 Å². The van der Waals surface area contributed by atoms with Crippen molar-refractivity contribution in [1.82, 2.24) is 68.7 Å². The summed E-state index contributed by atoms with van der Waals surface area (Å²) in [5.41, 5.74) is 10.8. The average molecular weight is 1810 g/mol. The van der Waals surface area contributed by atoms with E-state index in [0.29, 0.717) is 54.9 Å². The summed E-state index contributed by atoms with van der Waals surface area (Å²) in [5, 5.41) is 130. The highest BCUT2D eigenvalue weighted by molar-refractivity contribution is 6.42. The topological polar surface area (TPSA) is 556 Å². The van der Waals surface area contributed by atoms with Gasteiger partial charge in [-0.15, -0.1) is 0 Å². The van der Waals surface area contributed by atoms with Gasteiger partial charge in [0.2, 0.25) is 59.3 Å². The molecule has 668 valence electrons. The number of primary amides is 1. The maximum Gasteiger partial charge on any atom is 0.261 e. The van der Waals surface area contributed by atoms with Crippen LogP contribution in [0.1, 0.15) is 118 Å². The number of aromatic hydroxyl groups is 3. The molecule has 22 N–H and O–H groups in total. The molecule has 11 bridgehead atoms. The van der Waals surface area contributed by atoms with Crippen LogP contribution in [0, 0.1) is 5.92 Å². The van der Waals surface area contributed by atoms with Crippen molar-refractivity contribution >= 4 is 99.6 Å². The third kappa shape index (κ3) is 21.4. The SMILES string of the molecule is CCNNC(=O)[C@@H]1NC(=O)C2NC(=O)C(NC(=O)C3NC(=O)C(CC(N)=O)NC(=O)C(NC(=O)C(CC(C)C)NC)C(O)c4ccc(c(Cl)c4)Oc4cc3cc(c4OC3OC(CO)C(O)C(O)C3OC3C[C@@](C)(NCCN4CCN(NC(=O)Cc5ccc(Cl)c(Cl)c5)CC4)C(O)C(C)O3)Oc3ccc(cc3Cl)C2O)c2ccc(O)c(c2)-c2c(O)cc(O)cc21. The highest BCUT2D eigenvalue weighted by Gasteiger charge is 2.52. The van der Waals surface area contributed by atoms with Crippen molar-refractivity contribution < 1.29 is 118 Å². The normalized spacial score (nSPS) is 27.2. The predicted octanol–water partition coefficient (Wildman–Crippen LogP) is 1.49. The number of piperazine rings is 1. The molecule has 8 heterocycles. The number of nitrogens with zero attached hydrogens (tertiary/aromatic N) is 2. The molecule has 3 fully saturated rings. The van der Waals surface area contributed by atoms with E-state index in [1.165, 1.54) is 25.2 Å². The van der Waals surface area contributed by atoms with Gasteiger partial charge in [0.15, 0.2) is 23.9 Å². The second-order valence-electron chi connectivity index (χ2n) is 31.5. The van der Waals surface area contributed by atoms with Gasteiger partial charge in [0.05, 0.1) is 57.8 Å². The molecular formula is C82H98Cl4N14O24. The molecule has 0 spiro atoms. The molecular weight excluding hydrogens is 1710 g/mol. The molecule has 0 saturated carbocycles. The molecule has 42 heteroatoms. The number of halogens is 4. The van der Waals surface area contributed by atoms with E-state index in [4.69, 9.17) is 80.6 Å². The van der Waals surface area contributed by atoms with Gasteiger partial charge in [-0.25, -0.2) is 10.4 Å². The summed E-state index contributed by atoms with van der Waals surface area (Å²) in [7, 11) is 1.48. The molecule has 8 aliphatic heterocycles. The van der Waals surface area contributed by atoms with Crippen molar-refractivity contribution in [2.45, 2.75) is 170 Å². The number of hydrogen-bond donors (Lipinski definition) is 21. The number of carbonyl (C=O) groups is 9. The van der Waals surface area contributed by atoms with Crippen LogP contribution >= 0.6 is 46.4 Å². The van der Waals surface area contributed by atoms with Crippen molar-refractivity contribution in [2.75, 3.05) is 59.5 Å². The lowest BCUT2D eigenvalue weighted by Crippen LogP contribution is -2.66. The fourth-order valence-corrected chi connectivity index (χ4v) is 16.3. The van der Waals surface area contributed by atoms with E-state index in [9.17, 15) is 65.1 Å². The van der Waals surface area contributed by atoms with Crippen molar-refractivity contribution in [3.8, 4) is 57.1 Å². The quantitative estimate of drug-likeness (QED) is 0.0428. The van der Waals surface area contributed by atoms with Crippen molar-refractivity contribution in [3.05, 3.63) is 151 Å². The third-order valence-electron chi connectivity index (χ3n) is 22.1. The van der Waals surface area contributed by atoms with Crippen LogP contribution in [-0.4, -0.2) is 247 Å². The molecule has 9 amide bonds. The maximum atomic E-state index is 16.3. The molecule has 16 unspecified atom stereocenters. The molecule has 14 rings (SSSR count). The van der Waals surface area contributed by atoms with Crippen LogP contribution in [0.15, 0.2) is 97.1 Å². The summed E-state index contributed by atoms with van der Waals surface area (Å²) >= 11 is 26.7. The number of nitrogens with two attached hydrogens (primary N) is 1. The molecule has 8 aliphatic rings. The Kier molecular flexibility index (Phi) is 30.1. The van der Waals surface area contributed by atoms with Gasteiger partial charge >= 0.3 is 0 Å². The lowest BCUT2D eigenvalue weighted by molar-refractivity contribution is -0.334. The monoisotopic (exact) mass is 1800 g/mol. The highest BCUT2D eigenvalue weighted by Crippen LogP contribution is 2.50. The highest BCUT2D eigenvalue weighted by atomic mass is 35.5. The molecule has 6 aromatic rings. The first-order chi connectivity index (χ1) is 58.9. The molecule has 6 aromatic carbocycles. The molecule has 0 aliphatic carbocycles. The Morgan fingerprint density at radius 1 is 0.685 bits per heavy atom. The minimum absolute atomic E-state index is 0.0676. The molecule has 0 radical (unpaired) electrons. The molecule has 3 saturated heterocycles. The van der Waals surface area contributed by atoms with Gasteiger partial charge < -0.3 is 123 Å². The standard InChI is InChI=1S/C82H98Cl4N14O24/c1-7-90-97-80(118)64-44-30-42(102)31-52(104)61(44)43-25-38(9-13-51(43)103)62-76(114)96-66(79(117)94-64)68(108)40-11-15-54(48(86)27-40)121-56-29-41-28-55(120-53-14-10-39(26-47(53)85)67(107)65(95-74(112)49(88-6)22-35(2)3)78(116)91-50(32-58(87)105)75(113)92-63(41)77(115)93-62)71(56)124-81-72(70(110)69(109)57(34-101)122-81)123-60-33-82(5,73(111)36(4)119-60)89-16-17-99-18-20-100(21-19-99)98-59(106)24-37-8-12-45(83)46(84)23-37/h8-15,23,25-31,35-36,49-50,57,60,62-70,72-73,81,88-90,101-104,107-111H,7,16-22,24,32-34H2,1-6H3,(H2,87,105)(H,91,116)(H,92,113)(H,93,115)(H,94,117)(H,95,112)(H,96,114)(H,97,118)(H,98,106)/t36?,49?,50?,57?,60?,62?,63?,64-,65?,66?,67?,68?,69?,70?,72?,73?,81?,82-/m1/s1. The van der Waals surface area contributed by atoms with E-state index in [2.05, 4.69) is 63.7 Å². The maximum absolute atomic E-state index is 16.3. The number of phenolic OH excluding ortho intramolecular Hbond substituents is 3. The van der Waals surface area contributed by atoms with E-state index in [1.54, 1.807) is 39.0 Å². The minimum atomic E-state index is -2.36. The number of ether oxygens (including phenoxy) is 6. The number of amides is 9. The Hall–Kier alpha value is -10.1. The number of phenols is 3. The summed E-state index contributed by atoms with van der Waals surface area (Å²) < 4.78 is 39.7. The van der Waals surface area contributed by atoms with Gasteiger partial charge in [0.25, 0.3) is 5.91 Å². The molecule has 18 atom stereocenters. The zero-order valence-electron chi connectivity index (χ0n) is 67.7. The summed E-state index contributed by atoms with van der Waals surface area (Å²) in [4.78, 5) is 135. The fourth-order valence-electron chi connectivity index (χ4n) is 15.5. The number of rotatable bonds is 22. The Morgan fingerprint density at radius 3 is 1.96 bits per heavy atom. The van der Waals surface area contributed by atoms with Crippen LogP contribution in [0.2, 0.25) is 20.1 Å². The van der Waals surface area contributed by atoms with Gasteiger partial charge in [-0.2, -0.15) is 0 Å². The number of fused-ring (bicyclic) bond motifs is 15. The first-order valence-electron chi connectivity index (χ1n) is 39.9. The Bertz CT molecular complexity index is 5020. The van der Waals surface area contributed by atoms with E-state index < -0.39 is 226 Å². The molecule has 124 heavy (non-hydrogen) atoms. The number of nitrogens with one attached hydrogen (secondary N) is 11. The van der Waals surface area contributed by atoms with Crippen molar-refractivity contribution in [2.24, 2.45) is 11.7 Å². The van der Waals surface area contributed by atoms with Crippen LogP contribution in [0.5, 0.6) is 46.0 Å². The van der Waals surface area contributed by atoms with Gasteiger partial charge in [-0.05, 0) is 133 Å². The summed E-state index contributed by atoms with van der Waals surface area (Å²) in [6.45, 7) is 10.5. The summed E-state index contributed by atoms with van der Waals surface area (Å²) in [6, 6.07) is 5.16. The predicted molar refractivity (Wildman–Crippen MR) is 444 cm³/mol. The average Bonchev–Trinajstić information content (AvgIpc) is 0.766. The summed E-state index contributed by atoms with van der Waals surface area (Å²) in [5.74, 6) is -15.1. The number of aliphatic hydroxyl groups excluding tert-OH is 6. The third-order valence-corrected chi connectivity index (χ3v) is 23.4. The number of hydrogen-bond acceptors (Lipinski definition) is 29. The Balaban J connectivity index is 0.982. The second-order valence-corrected chi connectivity index (χ2v) is 33.2. The molecule has 0 aromatic heterocycles. The van der Waals surface area contributed by atoms with Crippen LogP contribution in [0.4, 0.5) is 0 Å². The van der Waals surface area contributed by atoms with E-state index >= 15 is 24.0 Å². The molecule has 38 nitrogen and oxygen atoms in total. The Morgan fingerprint density at radius 2 is 1.33 bits per heavy atom. The van der Waals surface area contributed by atoms with Gasteiger partial charge in [0.1, 0.15) is 95.5 Å². The van der Waals surface area contributed by atoms with Crippen LogP contribution < -0.4 is 78.8 Å². The van der Waals surface area contributed by atoms with Crippen LogP contribution in [0.3, 0.4) is 0 Å². The van der Waals surface area contributed by atoms with E-state index in [1.807, 2.05) is 18.9 Å². The number of hydrazine groups is 2. The van der Waals surface area contributed by atoms with Crippen LogP contribution in [-0.2, 0) is 63.8 Å². The zero-order valence-corrected chi connectivity index (χ0v) is 70.8. The largest absolute Gasteiger partial charge is 0.508 e. The minimum Gasteiger partial charge on any atom is -0.508 e. The smallest absolute Gasteiger partial charge is 0.261 e. The second kappa shape index (κ2) is 40.1. The van der Waals surface area contributed by atoms with Gasteiger partial charge in [-0.3, -0.25) is 58.9 Å². The van der Waals surface area contributed by atoms with E-state index in [-0.39, 0.29) is 76.4 Å². The van der Waals surface area contributed by atoms with Crippen LogP contribution in [0.25, 0.3) is 11.1 Å². The Labute approximate surface area is 730 Å². The number of carbonyl (C=O) groups excluding carboxylic acids is 9. The number of likely N-dealkylation sites (N-methyl/N-ethyl adjacent to an activating group) is 1. The summed E-state index contributed by atoms with van der Waals surface area (Å²) in [6.07, 6.45) is -18.6. The lowest BCUT2D eigenvalue weighted by atomic mass is 9.85. The van der Waals surface area contributed by atoms with Gasteiger partial charge in [0, 0.05) is 75.0 Å². The fraction of sp³-hybridized carbons (Fsp3) is 0.451. The van der Waals surface area contributed by atoms with E-state index in [0.717, 1.165) is 60.7 Å². The number of benzene rings is 6. The number of aliphatic hydroxyl groups is 6.